The van der Waals surface area contributed by atoms with Crippen LogP contribution in [0.3, 0.4) is 0 Å². The van der Waals surface area contributed by atoms with E-state index >= 15 is 0 Å². The molecular weight excluding hydrogens is 332 g/mol. The van der Waals surface area contributed by atoms with E-state index in [2.05, 4.69) is 0 Å². The maximum atomic E-state index is 12.3. The number of fused-ring (bicyclic) bond motifs is 1. The Kier molecular flexibility index (Phi) is 4.48. The Morgan fingerprint density at radius 3 is 1.46 bits per heavy atom. The molecule has 0 unspecified atom stereocenters. The molecule has 2 atom stereocenters. The average molecular weight is 352 g/mol. The number of nitrogens with zero attached hydrogens (tertiary/aromatic N) is 2. The van der Waals surface area contributed by atoms with Gasteiger partial charge >= 0.3 is 12.2 Å². The third kappa shape index (κ3) is 3.22. The highest BCUT2D eigenvalue weighted by Crippen LogP contribution is 2.27. The van der Waals surface area contributed by atoms with Crippen LogP contribution in [0.15, 0.2) is 60.7 Å². The molecule has 2 aliphatic heterocycles. The molecule has 2 aromatic carbocycles. The van der Waals surface area contributed by atoms with E-state index in [9.17, 15) is 9.59 Å². The lowest BCUT2D eigenvalue weighted by Crippen LogP contribution is -2.65. The van der Waals surface area contributed by atoms with Crippen LogP contribution in [0.5, 0.6) is 0 Å². The lowest BCUT2D eigenvalue weighted by atomic mass is 10.0. The Balaban J connectivity index is 1.56. The van der Waals surface area contributed by atoms with Crippen molar-refractivity contribution < 1.29 is 19.1 Å². The van der Waals surface area contributed by atoms with Crippen LogP contribution in [0.4, 0.5) is 9.59 Å². The molecule has 6 nitrogen and oxygen atoms in total. The molecule has 2 saturated heterocycles. The topological polar surface area (TPSA) is 59.1 Å². The second-order valence-electron chi connectivity index (χ2n) is 6.52. The highest BCUT2D eigenvalue weighted by Gasteiger charge is 2.46. The van der Waals surface area contributed by atoms with Crippen LogP contribution < -0.4 is 0 Å². The molecule has 0 spiro atoms. The van der Waals surface area contributed by atoms with Crippen LogP contribution in [0, 0.1) is 0 Å². The van der Waals surface area contributed by atoms with E-state index in [0.717, 1.165) is 11.1 Å². The molecule has 2 heterocycles. The number of ether oxygens (including phenoxy) is 2. The lowest BCUT2D eigenvalue weighted by molar-refractivity contribution is -0.0709. The van der Waals surface area contributed by atoms with Gasteiger partial charge in [-0.3, -0.25) is 9.80 Å². The van der Waals surface area contributed by atoms with Gasteiger partial charge in [0.25, 0.3) is 0 Å². The van der Waals surface area contributed by atoms with Crippen molar-refractivity contribution in [2.75, 3.05) is 13.2 Å². The molecule has 2 amide bonds. The van der Waals surface area contributed by atoms with Gasteiger partial charge in [0, 0.05) is 13.1 Å². The minimum atomic E-state index is -0.368. The van der Waals surface area contributed by atoms with Gasteiger partial charge in [-0.2, -0.15) is 0 Å². The van der Waals surface area contributed by atoms with Crippen molar-refractivity contribution in [1.82, 2.24) is 9.80 Å². The van der Waals surface area contributed by atoms with E-state index in [4.69, 9.17) is 9.47 Å². The number of cyclic esters (lactones) is 2. The molecule has 0 aliphatic carbocycles. The Morgan fingerprint density at radius 2 is 1.08 bits per heavy atom. The second-order valence-corrected chi connectivity index (χ2v) is 6.52. The fourth-order valence-corrected chi connectivity index (χ4v) is 3.49. The van der Waals surface area contributed by atoms with E-state index in [1.165, 1.54) is 0 Å². The molecule has 2 aromatic rings. The maximum absolute atomic E-state index is 12.3. The number of carbonyl (C=O) groups excluding carboxylic acids is 2. The summed E-state index contributed by atoms with van der Waals surface area (Å²) in [4.78, 5) is 28.0. The predicted molar refractivity (Wildman–Crippen MR) is 94.2 cm³/mol. The number of hydrogen-bond donors (Lipinski definition) is 0. The molecule has 2 aliphatic rings. The lowest BCUT2D eigenvalue weighted by Gasteiger charge is -2.47. The van der Waals surface area contributed by atoms with Crippen LogP contribution in [-0.2, 0) is 22.6 Å². The van der Waals surface area contributed by atoms with Gasteiger partial charge in [-0.15, -0.1) is 0 Å². The van der Waals surface area contributed by atoms with Crippen LogP contribution in [0.25, 0.3) is 0 Å². The number of rotatable bonds is 4. The zero-order valence-electron chi connectivity index (χ0n) is 14.3. The van der Waals surface area contributed by atoms with Gasteiger partial charge in [0.1, 0.15) is 13.2 Å². The minimum absolute atomic E-state index is 0.191. The van der Waals surface area contributed by atoms with E-state index < -0.39 is 0 Å². The largest absolute Gasteiger partial charge is 0.447 e. The molecule has 26 heavy (non-hydrogen) atoms. The van der Waals surface area contributed by atoms with Crippen LogP contribution in [0.1, 0.15) is 11.1 Å². The zero-order valence-corrected chi connectivity index (χ0v) is 14.3. The SMILES string of the molecule is O=C1OC[C@@H]2[C@@H](COC(=O)N2Cc2ccccc2)N1Cc1ccccc1. The van der Waals surface area contributed by atoms with Crippen molar-refractivity contribution in [1.29, 1.82) is 0 Å². The second kappa shape index (κ2) is 7.07. The van der Waals surface area contributed by atoms with Crippen molar-refractivity contribution in [3.05, 3.63) is 71.8 Å². The summed E-state index contributed by atoms with van der Waals surface area (Å²) >= 11 is 0. The highest BCUT2D eigenvalue weighted by molar-refractivity contribution is 5.73. The number of amides is 2. The summed E-state index contributed by atoms with van der Waals surface area (Å²) < 4.78 is 10.8. The maximum Gasteiger partial charge on any atom is 0.410 e. The van der Waals surface area contributed by atoms with Gasteiger partial charge in [-0.05, 0) is 11.1 Å². The summed E-state index contributed by atoms with van der Waals surface area (Å²) in [5.74, 6) is 0. The van der Waals surface area contributed by atoms with Gasteiger partial charge in [-0.25, -0.2) is 9.59 Å². The molecule has 0 aromatic heterocycles. The third-order valence-corrected chi connectivity index (χ3v) is 4.86. The Morgan fingerprint density at radius 1 is 0.692 bits per heavy atom. The van der Waals surface area contributed by atoms with Crippen molar-refractivity contribution >= 4 is 12.2 Å². The first-order chi connectivity index (χ1) is 12.7. The van der Waals surface area contributed by atoms with E-state index in [-0.39, 0.29) is 37.5 Å². The highest BCUT2D eigenvalue weighted by atomic mass is 16.6. The zero-order chi connectivity index (χ0) is 17.9. The first-order valence-corrected chi connectivity index (χ1v) is 8.67. The summed E-state index contributed by atoms with van der Waals surface area (Å²) in [6.07, 6.45) is -0.736. The molecule has 134 valence electrons. The molecule has 2 fully saturated rings. The number of hydrogen-bond acceptors (Lipinski definition) is 4. The average Bonchev–Trinajstić information content (AvgIpc) is 2.68. The summed E-state index contributed by atoms with van der Waals surface area (Å²) in [6.45, 7) is 1.24. The van der Waals surface area contributed by atoms with Gasteiger partial charge in [-0.1, -0.05) is 60.7 Å². The third-order valence-electron chi connectivity index (χ3n) is 4.86. The van der Waals surface area contributed by atoms with E-state index in [1.807, 2.05) is 60.7 Å². The van der Waals surface area contributed by atoms with Crippen molar-refractivity contribution in [3.8, 4) is 0 Å². The molecule has 6 heteroatoms. The fourth-order valence-electron chi connectivity index (χ4n) is 3.49. The van der Waals surface area contributed by atoms with Crippen molar-refractivity contribution in [2.45, 2.75) is 25.2 Å². The first kappa shape index (κ1) is 16.4. The smallest absolute Gasteiger partial charge is 0.410 e. The van der Waals surface area contributed by atoms with Gasteiger partial charge in [0.2, 0.25) is 0 Å². The molecular formula is C20H20N2O4. The monoisotopic (exact) mass is 352 g/mol. The molecule has 0 bridgehead atoms. The fraction of sp³-hybridized carbons (Fsp3) is 0.300. The van der Waals surface area contributed by atoms with E-state index in [0.29, 0.717) is 13.1 Å². The Hall–Kier alpha value is -3.02. The summed E-state index contributed by atoms with van der Waals surface area (Å²) in [7, 11) is 0. The molecule has 0 N–H and O–H groups in total. The summed E-state index contributed by atoms with van der Waals surface area (Å²) in [5, 5.41) is 0. The van der Waals surface area contributed by atoms with Gasteiger partial charge in [0.05, 0.1) is 12.1 Å². The molecule has 0 radical (unpaired) electrons. The van der Waals surface area contributed by atoms with E-state index in [1.54, 1.807) is 9.80 Å². The normalized spacial score (nSPS) is 22.5. The molecule has 4 rings (SSSR count). The van der Waals surface area contributed by atoms with Crippen molar-refractivity contribution in [2.24, 2.45) is 0 Å². The Bertz CT molecular complexity index is 713. The summed E-state index contributed by atoms with van der Waals surface area (Å²) in [6, 6.07) is 19.0. The number of carbonyl (C=O) groups is 2. The number of benzene rings is 2. The van der Waals surface area contributed by atoms with Crippen molar-refractivity contribution in [3.63, 3.8) is 0 Å². The first-order valence-electron chi connectivity index (χ1n) is 8.67. The van der Waals surface area contributed by atoms with Gasteiger partial charge < -0.3 is 9.47 Å². The molecule has 0 saturated carbocycles. The van der Waals surface area contributed by atoms with Crippen LogP contribution in [-0.4, -0.2) is 47.3 Å². The standard InChI is InChI=1S/C20H20N2O4/c23-19-21(11-15-7-3-1-4-8-15)17-13-26-20(24)22(18(17)14-25-19)12-16-9-5-2-6-10-16/h1-10,17-18H,11-14H2/t17-,18-/m1/s1. The van der Waals surface area contributed by atoms with Crippen LogP contribution in [0.2, 0.25) is 0 Å². The predicted octanol–water partition coefficient (Wildman–Crippen LogP) is 3.03. The minimum Gasteiger partial charge on any atom is -0.447 e. The van der Waals surface area contributed by atoms with Gasteiger partial charge in [0.15, 0.2) is 0 Å². The Labute approximate surface area is 151 Å². The van der Waals surface area contributed by atoms with Crippen LogP contribution >= 0.6 is 0 Å². The quantitative estimate of drug-likeness (QED) is 0.849. The summed E-state index contributed by atoms with van der Waals surface area (Å²) in [5.41, 5.74) is 2.02.